The molecule has 0 bridgehead atoms. The van der Waals surface area contributed by atoms with Crippen LogP contribution in [0.4, 0.5) is 13.2 Å². The Balaban J connectivity index is 2.50. The van der Waals surface area contributed by atoms with E-state index in [2.05, 4.69) is 9.40 Å². The number of thiazole rings is 1. The van der Waals surface area contributed by atoms with Crippen molar-refractivity contribution in [3.63, 3.8) is 0 Å². The molecule has 0 radical (unpaired) electrons. The second-order valence-electron chi connectivity index (χ2n) is 3.29. The van der Waals surface area contributed by atoms with E-state index >= 15 is 0 Å². The molecule has 0 aliphatic carbocycles. The van der Waals surface area contributed by atoms with Gasteiger partial charge in [0.2, 0.25) is 5.76 Å². The predicted octanol–water partition coefficient (Wildman–Crippen LogP) is 3.09. The highest BCUT2D eigenvalue weighted by Crippen LogP contribution is 2.29. The van der Waals surface area contributed by atoms with Gasteiger partial charge in [0.25, 0.3) is 0 Å². The van der Waals surface area contributed by atoms with Crippen molar-refractivity contribution in [1.29, 1.82) is 0 Å². The van der Waals surface area contributed by atoms with Crippen molar-refractivity contribution in [3.05, 3.63) is 39.4 Å². The van der Waals surface area contributed by atoms with Crippen LogP contribution in [0.3, 0.4) is 0 Å². The highest BCUT2D eigenvalue weighted by Gasteiger charge is 2.34. The van der Waals surface area contributed by atoms with Crippen LogP contribution in [0, 0.1) is 6.92 Å². The van der Waals surface area contributed by atoms with Crippen molar-refractivity contribution in [2.24, 2.45) is 0 Å². The van der Waals surface area contributed by atoms with Gasteiger partial charge in [-0.15, -0.1) is 11.3 Å². The molecule has 90 valence electrons. The highest BCUT2D eigenvalue weighted by atomic mass is 32.1. The number of hydrogen-bond acceptors (Lipinski definition) is 4. The van der Waals surface area contributed by atoms with Gasteiger partial charge in [-0.2, -0.15) is 13.2 Å². The Bertz CT molecular complexity index is 600. The molecule has 7 heteroatoms. The van der Waals surface area contributed by atoms with Crippen LogP contribution in [0.25, 0.3) is 10.6 Å². The summed E-state index contributed by atoms with van der Waals surface area (Å²) in [7, 11) is 0. The fourth-order valence-electron chi connectivity index (χ4n) is 1.20. The first kappa shape index (κ1) is 11.8. The summed E-state index contributed by atoms with van der Waals surface area (Å²) in [5.41, 5.74) is -0.297. The molecule has 0 atom stereocenters. The van der Waals surface area contributed by atoms with Gasteiger partial charge in [-0.3, -0.25) is 0 Å². The smallest absolute Gasteiger partial charge is 0.418 e. The van der Waals surface area contributed by atoms with E-state index in [0.29, 0.717) is 10.7 Å². The fraction of sp³-hybridized carbons (Fsp3) is 0.200. The van der Waals surface area contributed by atoms with Crippen molar-refractivity contribution in [3.8, 4) is 10.6 Å². The van der Waals surface area contributed by atoms with Gasteiger partial charge in [-0.05, 0) is 19.1 Å². The molecule has 0 unspecified atom stereocenters. The number of halogens is 3. The molecule has 2 heterocycles. The Morgan fingerprint density at radius 2 is 2.06 bits per heavy atom. The summed E-state index contributed by atoms with van der Waals surface area (Å²) in [5, 5.41) is 2.05. The molecule has 2 rings (SSSR count). The average Bonchev–Trinajstić information content (AvgIpc) is 2.63. The molecule has 0 aliphatic heterocycles. The minimum absolute atomic E-state index is 0.0381. The molecule has 0 spiro atoms. The number of alkyl halides is 3. The van der Waals surface area contributed by atoms with Crippen molar-refractivity contribution in [2.45, 2.75) is 13.1 Å². The van der Waals surface area contributed by atoms with Crippen molar-refractivity contribution < 1.29 is 17.6 Å². The van der Waals surface area contributed by atoms with Gasteiger partial charge in [-0.25, -0.2) is 9.78 Å². The number of rotatable bonds is 1. The molecule has 0 saturated heterocycles. The topological polar surface area (TPSA) is 43.1 Å². The summed E-state index contributed by atoms with van der Waals surface area (Å²) in [5.74, 6) is -1.31. The molecule has 0 aliphatic rings. The van der Waals surface area contributed by atoms with Gasteiger partial charge in [0.15, 0.2) is 0 Å². The summed E-state index contributed by atoms with van der Waals surface area (Å²) < 4.78 is 41.0. The summed E-state index contributed by atoms with van der Waals surface area (Å²) in [6.07, 6.45) is -4.66. The third kappa shape index (κ3) is 2.38. The quantitative estimate of drug-likeness (QED) is 0.792. The largest absolute Gasteiger partial charge is 0.449 e. The van der Waals surface area contributed by atoms with Crippen LogP contribution < -0.4 is 5.63 Å². The monoisotopic (exact) mass is 261 g/mol. The van der Waals surface area contributed by atoms with Crippen LogP contribution in [0.1, 0.15) is 11.5 Å². The Kier molecular flexibility index (Phi) is 2.78. The number of aromatic nitrogens is 1. The maximum atomic E-state index is 12.3. The Morgan fingerprint density at radius 1 is 1.35 bits per heavy atom. The van der Waals surface area contributed by atoms with Gasteiger partial charge >= 0.3 is 11.8 Å². The van der Waals surface area contributed by atoms with Crippen LogP contribution in [-0.2, 0) is 6.18 Å². The number of hydrogen-bond donors (Lipinski definition) is 0. The Labute approximate surface area is 97.5 Å². The number of nitrogens with zero attached hydrogens (tertiary/aromatic N) is 1. The summed E-state index contributed by atoms with van der Waals surface area (Å²) in [6, 6.07) is 1.81. The van der Waals surface area contributed by atoms with Gasteiger partial charge in [0, 0.05) is 11.1 Å². The van der Waals surface area contributed by atoms with E-state index in [1.165, 1.54) is 11.3 Å². The zero-order valence-electron chi connectivity index (χ0n) is 8.54. The van der Waals surface area contributed by atoms with Crippen molar-refractivity contribution in [1.82, 2.24) is 4.98 Å². The fourth-order valence-corrected chi connectivity index (χ4v) is 2.01. The second-order valence-corrected chi connectivity index (χ2v) is 4.15. The zero-order valence-corrected chi connectivity index (χ0v) is 9.35. The van der Waals surface area contributed by atoms with Gasteiger partial charge in [0.05, 0.1) is 5.56 Å². The van der Waals surface area contributed by atoms with Crippen LogP contribution in [0.15, 0.2) is 26.7 Å². The maximum Gasteiger partial charge on any atom is 0.449 e. The summed E-state index contributed by atoms with van der Waals surface area (Å²) >= 11 is 1.18. The van der Waals surface area contributed by atoms with E-state index < -0.39 is 17.6 Å². The molecule has 0 aromatic carbocycles. The van der Waals surface area contributed by atoms with E-state index in [0.717, 1.165) is 12.1 Å². The molecule has 0 fully saturated rings. The normalized spacial score (nSPS) is 11.8. The van der Waals surface area contributed by atoms with Crippen LogP contribution in [-0.4, -0.2) is 4.98 Å². The molecule has 2 aromatic rings. The van der Waals surface area contributed by atoms with E-state index in [9.17, 15) is 18.0 Å². The SMILES string of the molecule is Cc1csc(-c2ccc(C(F)(F)F)oc2=O)n1. The minimum Gasteiger partial charge on any atom is -0.418 e. The molecule has 0 saturated carbocycles. The average molecular weight is 261 g/mol. The van der Waals surface area contributed by atoms with E-state index in [4.69, 9.17) is 0 Å². The second kappa shape index (κ2) is 3.99. The van der Waals surface area contributed by atoms with Gasteiger partial charge in [-0.1, -0.05) is 0 Å². The molecular formula is C10H6F3NO2S. The third-order valence-electron chi connectivity index (χ3n) is 1.95. The third-order valence-corrected chi connectivity index (χ3v) is 2.95. The lowest BCUT2D eigenvalue weighted by atomic mass is 10.3. The lowest BCUT2D eigenvalue weighted by Crippen LogP contribution is -2.11. The van der Waals surface area contributed by atoms with E-state index in [1.807, 2.05) is 0 Å². The highest BCUT2D eigenvalue weighted by molar-refractivity contribution is 7.13. The molecule has 2 aromatic heterocycles. The van der Waals surface area contributed by atoms with Gasteiger partial charge < -0.3 is 4.42 Å². The zero-order chi connectivity index (χ0) is 12.6. The van der Waals surface area contributed by atoms with Gasteiger partial charge in [0.1, 0.15) is 5.01 Å². The van der Waals surface area contributed by atoms with E-state index in [1.54, 1.807) is 12.3 Å². The first-order chi connectivity index (χ1) is 7.88. The van der Waals surface area contributed by atoms with Crippen molar-refractivity contribution >= 4 is 11.3 Å². The van der Waals surface area contributed by atoms with E-state index in [-0.39, 0.29) is 5.56 Å². The predicted molar refractivity (Wildman–Crippen MR) is 55.8 cm³/mol. The lowest BCUT2D eigenvalue weighted by molar-refractivity contribution is -0.154. The standard InChI is InChI=1S/C10H6F3NO2S/c1-5-4-17-8(14-5)6-2-3-7(10(11,12)13)16-9(6)15/h2-4H,1H3. The molecule has 0 amide bonds. The van der Waals surface area contributed by atoms with Crippen LogP contribution >= 0.6 is 11.3 Å². The number of aryl methyl sites for hydroxylation is 1. The maximum absolute atomic E-state index is 12.3. The first-order valence-corrected chi connectivity index (χ1v) is 5.40. The first-order valence-electron chi connectivity index (χ1n) is 4.52. The molecule has 17 heavy (non-hydrogen) atoms. The lowest BCUT2D eigenvalue weighted by Gasteiger charge is -2.04. The molecular weight excluding hydrogens is 255 g/mol. The summed E-state index contributed by atoms with van der Waals surface area (Å²) in [4.78, 5) is 15.4. The van der Waals surface area contributed by atoms with Crippen molar-refractivity contribution in [2.75, 3.05) is 0 Å². The Morgan fingerprint density at radius 3 is 2.53 bits per heavy atom. The van der Waals surface area contributed by atoms with Crippen LogP contribution in [0.5, 0.6) is 0 Å². The Hall–Kier alpha value is -1.63. The summed E-state index contributed by atoms with van der Waals surface area (Å²) in [6.45, 7) is 1.73. The minimum atomic E-state index is -4.66. The van der Waals surface area contributed by atoms with Crippen LogP contribution in [0.2, 0.25) is 0 Å². The molecule has 0 N–H and O–H groups in total. The molecule has 3 nitrogen and oxygen atoms in total.